The molecule has 0 radical (unpaired) electrons. The van der Waals surface area contributed by atoms with Crippen LogP contribution in [0.1, 0.15) is 31.2 Å². The number of amides is 2. The molecule has 0 spiro atoms. The van der Waals surface area contributed by atoms with Crippen LogP contribution in [-0.2, 0) is 0 Å². The monoisotopic (exact) mass is 332 g/mol. The summed E-state index contributed by atoms with van der Waals surface area (Å²) < 4.78 is 0. The van der Waals surface area contributed by atoms with Crippen molar-refractivity contribution in [3.8, 4) is 11.8 Å². The smallest absolute Gasteiger partial charge is 0.319 e. The van der Waals surface area contributed by atoms with E-state index < -0.39 is 5.60 Å². The minimum absolute atomic E-state index is 0.0300. The van der Waals surface area contributed by atoms with Gasteiger partial charge < -0.3 is 14.9 Å². The van der Waals surface area contributed by atoms with Crippen molar-refractivity contribution in [2.45, 2.75) is 43.4 Å². The standard InChI is InChI=1S/C18H21ClN2O2/c1-20(2)17(22)21-15-6-7-16(21)12-18(23,11-15)9-8-13-4-3-5-14(19)10-13/h3-5,10,15-16,23H,6-7,11-12H2,1-2H3. The largest absolute Gasteiger partial charge is 0.377 e. The van der Waals surface area contributed by atoms with Crippen LogP contribution >= 0.6 is 11.6 Å². The van der Waals surface area contributed by atoms with Gasteiger partial charge in [-0.3, -0.25) is 0 Å². The average Bonchev–Trinajstić information content (AvgIpc) is 2.77. The van der Waals surface area contributed by atoms with E-state index in [4.69, 9.17) is 11.6 Å². The summed E-state index contributed by atoms with van der Waals surface area (Å²) in [5, 5.41) is 11.5. The van der Waals surface area contributed by atoms with Gasteiger partial charge in [0.1, 0.15) is 5.60 Å². The molecule has 1 aromatic rings. The van der Waals surface area contributed by atoms with Crippen LogP contribution in [0.2, 0.25) is 5.02 Å². The zero-order valence-corrected chi connectivity index (χ0v) is 14.2. The molecule has 3 rings (SSSR count). The first kappa shape index (κ1) is 16.2. The second kappa shape index (κ2) is 6.07. The summed E-state index contributed by atoms with van der Waals surface area (Å²) in [7, 11) is 3.53. The summed E-state index contributed by atoms with van der Waals surface area (Å²) in [6.45, 7) is 0. The highest BCUT2D eigenvalue weighted by molar-refractivity contribution is 6.30. The van der Waals surface area contributed by atoms with Crippen molar-refractivity contribution in [2.24, 2.45) is 0 Å². The molecule has 2 heterocycles. The predicted octanol–water partition coefficient (Wildman–Crippen LogP) is 2.73. The Kier molecular flexibility index (Phi) is 4.27. The van der Waals surface area contributed by atoms with Crippen LogP contribution in [0.5, 0.6) is 0 Å². The Bertz CT molecular complexity index is 663. The molecule has 0 aliphatic carbocycles. The van der Waals surface area contributed by atoms with E-state index in [2.05, 4.69) is 11.8 Å². The molecule has 2 amide bonds. The zero-order valence-electron chi connectivity index (χ0n) is 13.4. The van der Waals surface area contributed by atoms with Gasteiger partial charge in [-0.1, -0.05) is 29.5 Å². The van der Waals surface area contributed by atoms with Crippen LogP contribution in [0, 0.1) is 11.8 Å². The second-order valence-corrected chi connectivity index (χ2v) is 7.11. The number of aliphatic hydroxyl groups is 1. The maximum Gasteiger partial charge on any atom is 0.319 e. The Morgan fingerprint density at radius 2 is 2.00 bits per heavy atom. The van der Waals surface area contributed by atoms with Crippen LogP contribution < -0.4 is 0 Å². The van der Waals surface area contributed by atoms with Gasteiger partial charge in [-0.2, -0.15) is 0 Å². The number of benzene rings is 1. The van der Waals surface area contributed by atoms with E-state index in [-0.39, 0.29) is 18.1 Å². The van der Waals surface area contributed by atoms with E-state index in [0.717, 1.165) is 18.4 Å². The zero-order chi connectivity index (χ0) is 16.6. The fourth-order valence-corrected chi connectivity index (χ4v) is 3.82. The van der Waals surface area contributed by atoms with Crippen molar-refractivity contribution in [3.05, 3.63) is 34.9 Å². The maximum absolute atomic E-state index is 12.3. The molecular formula is C18H21ClN2O2. The van der Waals surface area contributed by atoms with Crippen LogP contribution in [0.4, 0.5) is 4.79 Å². The van der Waals surface area contributed by atoms with Crippen molar-refractivity contribution in [1.82, 2.24) is 9.80 Å². The molecule has 2 unspecified atom stereocenters. The number of hydrogen-bond donors (Lipinski definition) is 1. The number of nitrogens with zero attached hydrogens (tertiary/aromatic N) is 2. The molecule has 2 atom stereocenters. The van der Waals surface area contributed by atoms with E-state index >= 15 is 0 Å². The summed E-state index contributed by atoms with van der Waals surface area (Å²) in [6, 6.07) is 7.48. The van der Waals surface area contributed by atoms with Crippen LogP contribution in [0.3, 0.4) is 0 Å². The Morgan fingerprint density at radius 3 is 2.57 bits per heavy atom. The molecule has 122 valence electrons. The van der Waals surface area contributed by atoms with Crippen molar-refractivity contribution in [1.29, 1.82) is 0 Å². The van der Waals surface area contributed by atoms with Crippen LogP contribution in [-0.4, -0.2) is 52.7 Å². The summed E-state index contributed by atoms with van der Waals surface area (Å²) in [6.07, 6.45) is 2.89. The van der Waals surface area contributed by atoms with Gasteiger partial charge in [0, 0.05) is 49.6 Å². The van der Waals surface area contributed by atoms with Crippen molar-refractivity contribution in [2.75, 3.05) is 14.1 Å². The Hall–Kier alpha value is -1.70. The van der Waals surface area contributed by atoms with Gasteiger partial charge in [0.05, 0.1) is 0 Å². The number of carbonyl (C=O) groups excluding carboxylic acids is 1. The molecule has 0 aromatic heterocycles. The minimum Gasteiger partial charge on any atom is -0.377 e. The number of fused-ring (bicyclic) bond motifs is 2. The molecule has 4 nitrogen and oxygen atoms in total. The number of halogens is 1. The fourth-order valence-electron chi connectivity index (χ4n) is 3.62. The molecule has 2 bridgehead atoms. The highest BCUT2D eigenvalue weighted by Gasteiger charge is 2.49. The third kappa shape index (κ3) is 3.31. The lowest BCUT2D eigenvalue weighted by atomic mass is 9.86. The number of carbonyl (C=O) groups is 1. The summed E-state index contributed by atoms with van der Waals surface area (Å²) in [5.74, 6) is 6.06. The topological polar surface area (TPSA) is 43.8 Å². The molecule has 2 saturated heterocycles. The lowest BCUT2D eigenvalue weighted by molar-refractivity contribution is 0.00128. The van der Waals surface area contributed by atoms with E-state index in [0.29, 0.717) is 17.9 Å². The Labute approximate surface area is 142 Å². The van der Waals surface area contributed by atoms with Crippen LogP contribution in [0.15, 0.2) is 24.3 Å². The third-order valence-electron chi connectivity index (χ3n) is 4.63. The highest BCUT2D eigenvalue weighted by Crippen LogP contribution is 2.41. The first-order valence-corrected chi connectivity index (χ1v) is 8.26. The molecule has 2 fully saturated rings. The lowest BCUT2D eigenvalue weighted by Gasteiger charge is -2.42. The van der Waals surface area contributed by atoms with Crippen molar-refractivity contribution < 1.29 is 9.90 Å². The van der Waals surface area contributed by atoms with Gasteiger partial charge in [-0.15, -0.1) is 0 Å². The molecule has 23 heavy (non-hydrogen) atoms. The predicted molar refractivity (Wildman–Crippen MR) is 90.2 cm³/mol. The first-order valence-electron chi connectivity index (χ1n) is 7.89. The van der Waals surface area contributed by atoms with Crippen LogP contribution in [0.25, 0.3) is 0 Å². The Morgan fingerprint density at radius 1 is 1.35 bits per heavy atom. The molecular weight excluding hydrogens is 312 g/mol. The van der Waals surface area contributed by atoms with E-state index in [9.17, 15) is 9.90 Å². The highest BCUT2D eigenvalue weighted by atomic mass is 35.5. The van der Waals surface area contributed by atoms with E-state index in [1.165, 1.54) is 0 Å². The van der Waals surface area contributed by atoms with Gasteiger partial charge >= 0.3 is 6.03 Å². The van der Waals surface area contributed by atoms with Crippen molar-refractivity contribution >= 4 is 17.6 Å². The van der Waals surface area contributed by atoms with Gasteiger partial charge in [0.25, 0.3) is 0 Å². The minimum atomic E-state index is -1.03. The fraction of sp³-hybridized carbons (Fsp3) is 0.500. The molecule has 1 N–H and O–H groups in total. The Balaban J connectivity index is 1.78. The van der Waals surface area contributed by atoms with Crippen molar-refractivity contribution in [3.63, 3.8) is 0 Å². The number of hydrogen-bond acceptors (Lipinski definition) is 2. The molecule has 5 heteroatoms. The number of rotatable bonds is 0. The van der Waals surface area contributed by atoms with E-state index in [1.807, 2.05) is 17.0 Å². The summed E-state index contributed by atoms with van der Waals surface area (Å²) in [5.41, 5.74) is -0.234. The SMILES string of the molecule is CN(C)C(=O)N1C2CCC1CC(O)(C#Cc1cccc(Cl)c1)C2. The summed E-state index contributed by atoms with van der Waals surface area (Å²) in [4.78, 5) is 15.8. The molecule has 2 aliphatic rings. The quantitative estimate of drug-likeness (QED) is 0.742. The van der Waals surface area contributed by atoms with Gasteiger partial charge in [-0.25, -0.2) is 4.79 Å². The normalized spacial score (nSPS) is 29.0. The summed E-state index contributed by atoms with van der Waals surface area (Å²) >= 11 is 5.96. The third-order valence-corrected chi connectivity index (χ3v) is 4.87. The molecule has 0 saturated carbocycles. The maximum atomic E-state index is 12.3. The van der Waals surface area contributed by atoms with Gasteiger partial charge in [0.15, 0.2) is 0 Å². The lowest BCUT2D eigenvalue weighted by Crippen LogP contribution is -2.55. The second-order valence-electron chi connectivity index (χ2n) is 6.67. The number of piperidine rings is 1. The molecule has 1 aromatic carbocycles. The average molecular weight is 333 g/mol. The van der Waals surface area contributed by atoms with Gasteiger partial charge in [0.2, 0.25) is 0 Å². The van der Waals surface area contributed by atoms with E-state index in [1.54, 1.807) is 31.1 Å². The number of urea groups is 1. The van der Waals surface area contributed by atoms with Gasteiger partial charge in [-0.05, 0) is 31.0 Å². The first-order chi connectivity index (χ1) is 10.9. The molecule has 2 aliphatic heterocycles.